The molecule has 4 aromatic rings. The van der Waals surface area contributed by atoms with Crippen molar-refractivity contribution in [1.29, 1.82) is 0 Å². The molecule has 1 saturated heterocycles. The average Bonchev–Trinajstić information content (AvgIpc) is 3.57. The molecule has 1 aliphatic rings. The molecule has 184 valence electrons. The summed E-state index contributed by atoms with van der Waals surface area (Å²) >= 11 is 0. The largest absolute Gasteiger partial charge is 0.354 e. The second-order valence-electron chi connectivity index (χ2n) is 9.13. The molecule has 1 aliphatic heterocycles. The van der Waals surface area contributed by atoms with E-state index in [1.165, 1.54) is 16.2 Å². The van der Waals surface area contributed by atoms with Gasteiger partial charge in [0.1, 0.15) is 17.8 Å². The second kappa shape index (κ2) is 8.72. The van der Waals surface area contributed by atoms with Crippen LogP contribution in [0.15, 0.2) is 36.8 Å². The fourth-order valence-corrected chi connectivity index (χ4v) is 6.18. The van der Waals surface area contributed by atoms with Crippen molar-refractivity contribution < 1.29 is 8.42 Å². The molecule has 3 aromatic heterocycles. The number of aromatic nitrogens is 6. The first kappa shape index (κ1) is 23.4. The van der Waals surface area contributed by atoms with Crippen molar-refractivity contribution in [2.75, 3.05) is 32.1 Å². The quantitative estimate of drug-likeness (QED) is 0.406. The van der Waals surface area contributed by atoms with Crippen molar-refractivity contribution in [3.8, 4) is 22.5 Å². The topological polar surface area (TPSA) is 102 Å². The van der Waals surface area contributed by atoms with Crippen LogP contribution in [0.3, 0.4) is 0 Å². The molecule has 1 aromatic carbocycles. The molecule has 0 aliphatic carbocycles. The van der Waals surface area contributed by atoms with E-state index in [4.69, 9.17) is 5.10 Å². The van der Waals surface area contributed by atoms with Crippen LogP contribution in [0.1, 0.15) is 18.9 Å². The smallest absolute Gasteiger partial charge is 0.218 e. The Morgan fingerprint density at radius 3 is 2.51 bits per heavy atom. The predicted octanol–water partition coefficient (Wildman–Crippen LogP) is 2.46. The van der Waals surface area contributed by atoms with Crippen molar-refractivity contribution in [2.45, 2.75) is 25.0 Å². The number of rotatable bonds is 6. The Labute approximate surface area is 205 Å². The molecule has 0 spiro atoms. The highest BCUT2D eigenvalue weighted by Gasteiger charge is 2.36. The number of anilines is 1. The highest BCUT2D eigenvalue weighted by atomic mass is 32.2. The minimum atomic E-state index is -3.36. The first-order valence-corrected chi connectivity index (χ1v) is 13.2. The lowest BCUT2D eigenvalue weighted by Gasteiger charge is -2.20. The van der Waals surface area contributed by atoms with E-state index < -0.39 is 15.3 Å². The van der Waals surface area contributed by atoms with Crippen LogP contribution in [0.5, 0.6) is 0 Å². The molecule has 4 heterocycles. The van der Waals surface area contributed by atoms with E-state index in [0.29, 0.717) is 31.0 Å². The van der Waals surface area contributed by atoms with Gasteiger partial charge in [0, 0.05) is 52.4 Å². The fraction of sp³-hybridized carbons (Fsp3) is 0.417. The molecule has 1 fully saturated rings. The van der Waals surface area contributed by atoms with Gasteiger partial charge < -0.3 is 4.90 Å². The predicted molar refractivity (Wildman–Crippen MR) is 137 cm³/mol. The van der Waals surface area contributed by atoms with E-state index in [1.807, 2.05) is 29.9 Å². The van der Waals surface area contributed by atoms with Crippen LogP contribution in [0.2, 0.25) is 0 Å². The maximum Gasteiger partial charge on any atom is 0.218 e. The monoisotopic (exact) mass is 494 g/mol. The summed E-state index contributed by atoms with van der Waals surface area (Å²) in [5.41, 5.74) is 5.59. The zero-order valence-corrected chi connectivity index (χ0v) is 21.5. The summed E-state index contributed by atoms with van der Waals surface area (Å²) in [6.45, 7) is 3.11. The van der Waals surface area contributed by atoms with Gasteiger partial charge >= 0.3 is 0 Å². The molecule has 0 N–H and O–H groups in total. The van der Waals surface area contributed by atoms with Crippen LogP contribution in [0.25, 0.3) is 33.5 Å². The standard InChI is InChI=1S/C24H30N8O2S/c1-6-16-7-9-17(10-8-16)22-19(13-27-30(22)4)21-20-23(31(5)28-21)25-15-26-24(20)32-12-11-18(14-32)35(33,34)29(2)3/h7-10,13,15,18H,6,11-12,14H2,1-5H3. The van der Waals surface area contributed by atoms with Gasteiger partial charge in [0.25, 0.3) is 0 Å². The number of aryl methyl sites for hydroxylation is 3. The van der Waals surface area contributed by atoms with Gasteiger partial charge in [-0.15, -0.1) is 0 Å². The number of benzene rings is 1. The summed E-state index contributed by atoms with van der Waals surface area (Å²) in [5.74, 6) is 0.700. The van der Waals surface area contributed by atoms with E-state index in [9.17, 15) is 8.42 Å². The molecule has 0 amide bonds. The third-order valence-corrected chi connectivity index (χ3v) is 9.05. The number of hydrogen-bond acceptors (Lipinski definition) is 7. The van der Waals surface area contributed by atoms with Gasteiger partial charge in [-0.3, -0.25) is 4.68 Å². The second-order valence-corrected chi connectivity index (χ2v) is 11.6. The summed E-state index contributed by atoms with van der Waals surface area (Å²) in [6, 6.07) is 8.48. The van der Waals surface area contributed by atoms with E-state index in [2.05, 4.69) is 46.3 Å². The van der Waals surface area contributed by atoms with Gasteiger partial charge in [-0.25, -0.2) is 27.4 Å². The maximum atomic E-state index is 12.8. The highest BCUT2D eigenvalue weighted by Crippen LogP contribution is 2.39. The van der Waals surface area contributed by atoms with Crippen molar-refractivity contribution in [3.63, 3.8) is 0 Å². The van der Waals surface area contributed by atoms with Crippen LogP contribution in [-0.2, 0) is 30.5 Å². The number of fused-ring (bicyclic) bond motifs is 1. The summed E-state index contributed by atoms with van der Waals surface area (Å²) in [7, 11) is 3.58. The van der Waals surface area contributed by atoms with E-state index in [1.54, 1.807) is 18.8 Å². The van der Waals surface area contributed by atoms with Crippen molar-refractivity contribution >= 4 is 26.9 Å². The molecule has 1 atom stereocenters. The van der Waals surface area contributed by atoms with Crippen LogP contribution < -0.4 is 4.90 Å². The summed E-state index contributed by atoms with van der Waals surface area (Å²) in [5, 5.41) is 9.70. The molecule has 0 radical (unpaired) electrons. The SMILES string of the molecule is CCc1ccc(-c2c(-c3nn(C)c4ncnc(N5CCC(S(=O)(=O)N(C)C)C5)c34)cnn2C)cc1. The molecule has 11 heteroatoms. The minimum absolute atomic E-state index is 0.374. The van der Waals surface area contributed by atoms with Gasteiger partial charge in [0.2, 0.25) is 10.0 Å². The van der Waals surface area contributed by atoms with Gasteiger partial charge in [0.05, 0.1) is 22.5 Å². The van der Waals surface area contributed by atoms with Crippen LogP contribution >= 0.6 is 0 Å². The van der Waals surface area contributed by atoms with Crippen molar-refractivity contribution in [3.05, 3.63) is 42.4 Å². The normalized spacial score (nSPS) is 16.6. The molecule has 5 rings (SSSR count). The van der Waals surface area contributed by atoms with E-state index in [0.717, 1.165) is 34.3 Å². The Balaban J connectivity index is 1.63. The number of sulfonamides is 1. The van der Waals surface area contributed by atoms with Crippen molar-refractivity contribution in [2.24, 2.45) is 14.1 Å². The minimum Gasteiger partial charge on any atom is -0.354 e. The molecule has 10 nitrogen and oxygen atoms in total. The summed E-state index contributed by atoms with van der Waals surface area (Å²) < 4.78 is 30.4. The number of hydrogen-bond donors (Lipinski definition) is 0. The Kier molecular flexibility index (Phi) is 5.84. The lowest BCUT2D eigenvalue weighted by Crippen LogP contribution is -2.35. The lowest BCUT2D eigenvalue weighted by molar-refractivity contribution is 0.508. The zero-order chi connectivity index (χ0) is 24.9. The Morgan fingerprint density at radius 1 is 1.09 bits per heavy atom. The average molecular weight is 495 g/mol. The van der Waals surface area contributed by atoms with Gasteiger partial charge in [-0.2, -0.15) is 10.2 Å². The first-order chi connectivity index (χ1) is 16.7. The van der Waals surface area contributed by atoms with Crippen LogP contribution in [0.4, 0.5) is 5.82 Å². The fourth-order valence-electron chi connectivity index (χ4n) is 4.81. The molecular weight excluding hydrogens is 464 g/mol. The van der Waals surface area contributed by atoms with E-state index in [-0.39, 0.29) is 0 Å². The first-order valence-electron chi connectivity index (χ1n) is 11.7. The third-order valence-electron chi connectivity index (χ3n) is 6.80. The maximum absolute atomic E-state index is 12.8. The zero-order valence-electron chi connectivity index (χ0n) is 20.7. The highest BCUT2D eigenvalue weighted by molar-refractivity contribution is 7.89. The van der Waals surface area contributed by atoms with Crippen molar-refractivity contribution in [1.82, 2.24) is 33.8 Å². The number of nitrogens with zero attached hydrogens (tertiary/aromatic N) is 8. The van der Waals surface area contributed by atoms with Crippen LogP contribution in [-0.4, -0.2) is 74.7 Å². The van der Waals surface area contributed by atoms with Crippen LogP contribution in [0, 0.1) is 0 Å². The third kappa shape index (κ3) is 3.88. The molecule has 0 bridgehead atoms. The summed E-state index contributed by atoms with van der Waals surface area (Å²) in [4.78, 5) is 11.1. The van der Waals surface area contributed by atoms with Gasteiger partial charge in [-0.05, 0) is 18.4 Å². The Hall–Kier alpha value is -3.31. The van der Waals surface area contributed by atoms with Gasteiger partial charge in [0.15, 0.2) is 5.65 Å². The molecule has 0 saturated carbocycles. The van der Waals surface area contributed by atoms with Gasteiger partial charge in [-0.1, -0.05) is 31.2 Å². The Morgan fingerprint density at radius 2 is 1.83 bits per heavy atom. The summed E-state index contributed by atoms with van der Waals surface area (Å²) in [6.07, 6.45) is 4.86. The van der Waals surface area contributed by atoms with E-state index >= 15 is 0 Å². The molecular formula is C24H30N8O2S. The molecule has 1 unspecified atom stereocenters. The Bertz CT molecular complexity index is 1490. The molecule has 35 heavy (non-hydrogen) atoms. The lowest BCUT2D eigenvalue weighted by atomic mass is 10.0.